The highest BCUT2D eigenvalue weighted by molar-refractivity contribution is 5.35. The van der Waals surface area contributed by atoms with Gasteiger partial charge in [0.05, 0.1) is 18.9 Å². The fraction of sp³-hybridized carbons (Fsp3) is 0.462. The molecule has 0 aliphatic carbocycles. The van der Waals surface area contributed by atoms with Crippen molar-refractivity contribution in [2.24, 2.45) is 0 Å². The molecule has 0 amide bonds. The summed E-state index contributed by atoms with van der Waals surface area (Å²) in [5, 5.41) is 0. The van der Waals surface area contributed by atoms with Gasteiger partial charge in [-0.2, -0.15) is 4.98 Å². The lowest BCUT2D eigenvalue weighted by molar-refractivity contribution is 0.122. The van der Waals surface area contributed by atoms with E-state index in [9.17, 15) is 0 Å². The first-order valence-electron chi connectivity index (χ1n) is 12.1. The van der Waals surface area contributed by atoms with Crippen LogP contribution in [0.3, 0.4) is 0 Å². The van der Waals surface area contributed by atoms with Crippen LogP contribution in [0.4, 0.5) is 5.95 Å². The lowest BCUT2D eigenvalue weighted by Crippen LogP contribution is -2.37. The normalized spacial score (nSPS) is 17.6. The average molecular weight is 461 g/mol. The molecule has 2 aromatic heterocycles. The van der Waals surface area contributed by atoms with Gasteiger partial charge in [0.25, 0.3) is 0 Å². The Hall–Kier alpha value is -3.10. The van der Waals surface area contributed by atoms with Crippen LogP contribution in [-0.4, -0.2) is 64.2 Å². The number of hydrogen-bond donors (Lipinski definition) is 0. The highest BCUT2D eigenvalue weighted by atomic mass is 16.5. The number of ether oxygens (including phenoxy) is 2. The van der Waals surface area contributed by atoms with Crippen LogP contribution in [0.1, 0.15) is 41.5 Å². The lowest BCUT2D eigenvalue weighted by Gasteiger charge is -2.31. The molecule has 0 radical (unpaired) electrons. The van der Waals surface area contributed by atoms with Gasteiger partial charge in [-0.05, 0) is 57.5 Å². The van der Waals surface area contributed by atoms with Crippen LogP contribution in [0.25, 0.3) is 0 Å². The van der Waals surface area contributed by atoms with E-state index in [0.717, 1.165) is 93.3 Å². The van der Waals surface area contributed by atoms with E-state index in [1.54, 1.807) is 0 Å². The van der Waals surface area contributed by atoms with Gasteiger partial charge < -0.3 is 14.4 Å². The van der Waals surface area contributed by atoms with Crippen molar-refractivity contribution in [3.8, 4) is 11.6 Å². The molecule has 2 aliphatic heterocycles. The van der Waals surface area contributed by atoms with Crippen LogP contribution < -0.4 is 9.64 Å². The number of anilines is 1. The number of aryl methyl sites for hydroxylation is 2. The van der Waals surface area contributed by atoms with Crippen LogP contribution in [0.2, 0.25) is 0 Å². The highest BCUT2D eigenvalue weighted by Gasteiger charge is 2.24. The molecule has 5 rings (SSSR count). The standard InChI is InChI=1S/C26H32N6O2/c1-19-5-3-4-6-23(19)34-24-17-20(2)28-25(30-24)21-8-11-31(12-9-21)18-22-7-10-27-26(29-22)32-13-15-33-16-14-32/h3-7,10,17,21H,8-9,11-16,18H2,1-2H3. The summed E-state index contributed by atoms with van der Waals surface area (Å²) in [7, 11) is 0. The summed E-state index contributed by atoms with van der Waals surface area (Å²) in [6.07, 6.45) is 3.92. The highest BCUT2D eigenvalue weighted by Crippen LogP contribution is 2.30. The lowest BCUT2D eigenvalue weighted by atomic mass is 9.95. The zero-order valence-corrected chi connectivity index (χ0v) is 20.0. The van der Waals surface area contributed by atoms with Gasteiger partial charge in [0.15, 0.2) is 0 Å². The Morgan fingerprint density at radius 3 is 2.56 bits per heavy atom. The van der Waals surface area contributed by atoms with Crippen molar-refractivity contribution < 1.29 is 9.47 Å². The number of piperidine rings is 1. The predicted molar refractivity (Wildman–Crippen MR) is 130 cm³/mol. The van der Waals surface area contributed by atoms with E-state index in [0.29, 0.717) is 11.8 Å². The average Bonchev–Trinajstić information content (AvgIpc) is 2.86. The fourth-order valence-corrected chi connectivity index (χ4v) is 4.55. The number of rotatable bonds is 6. The van der Waals surface area contributed by atoms with Crippen LogP contribution in [0.5, 0.6) is 11.6 Å². The number of para-hydroxylation sites is 1. The number of hydrogen-bond acceptors (Lipinski definition) is 8. The monoisotopic (exact) mass is 460 g/mol. The Balaban J connectivity index is 1.20. The molecule has 0 spiro atoms. The SMILES string of the molecule is Cc1cc(Oc2ccccc2C)nc(C2CCN(Cc3ccnc(N4CCOCC4)n3)CC2)n1. The molecule has 8 heteroatoms. The first kappa shape index (κ1) is 22.7. The molecule has 1 aromatic carbocycles. The van der Waals surface area contributed by atoms with E-state index in [4.69, 9.17) is 24.4 Å². The van der Waals surface area contributed by atoms with Crippen molar-refractivity contribution in [3.05, 3.63) is 65.4 Å². The maximum absolute atomic E-state index is 6.10. The quantitative estimate of drug-likeness (QED) is 0.548. The third kappa shape index (κ3) is 5.51. The molecule has 4 heterocycles. The summed E-state index contributed by atoms with van der Waals surface area (Å²) in [6, 6.07) is 11.9. The van der Waals surface area contributed by atoms with Crippen LogP contribution in [0.15, 0.2) is 42.6 Å². The number of aromatic nitrogens is 4. The molecule has 0 saturated carbocycles. The zero-order valence-electron chi connectivity index (χ0n) is 20.0. The molecule has 34 heavy (non-hydrogen) atoms. The first-order valence-corrected chi connectivity index (χ1v) is 12.1. The minimum Gasteiger partial charge on any atom is -0.439 e. The zero-order chi connectivity index (χ0) is 23.3. The Kier molecular flexibility index (Phi) is 6.97. The van der Waals surface area contributed by atoms with Crippen molar-refractivity contribution in [2.75, 3.05) is 44.3 Å². The second kappa shape index (κ2) is 10.4. The van der Waals surface area contributed by atoms with E-state index in [1.165, 1.54) is 0 Å². The number of benzene rings is 1. The van der Waals surface area contributed by atoms with Crippen LogP contribution in [-0.2, 0) is 11.3 Å². The minimum atomic E-state index is 0.338. The van der Waals surface area contributed by atoms with Gasteiger partial charge in [-0.3, -0.25) is 4.90 Å². The van der Waals surface area contributed by atoms with Crippen LogP contribution >= 0.6 is 0 Å². The van der Waals surface area contributed by atoms with Gasteiger partial charge in [-0.1, -0.05) is 18.2 Å². The summed E-state index contributed by atoms with van der Waals surface area (Å²) >= 11 is 0. The molecule has 0 N–H and O–H groups in total. The third-order valence-corrected chi connectivity index (χ3v) is 6.49. The summed E-state index contributed by atoms with van der Waals surface area (Å²) in [6.45, 7) is 10.0. The Bertz CT molecular complexity index is 1110. The molecular formula is C26H32N6O2. The van der Waals surface area contributed by atoms with E-state index in [1.807, 2.05) is 56.4 Å². The third-order valence-electron chi connectivity index (χ3n) is 6.49. The van der Waals surface area contributed by atoms with Gasteiger partial charge in [0.1, 0.15) is 11.6 Å². The predicted octanol–water partition coefficient (Wildman–Crippen LogP) is 3.89. The molecule has 2 saturated heterocycles. The van der Waals surface area contributed by atoms with Gasteiger partial charge >= 0.3 is 0 Å². The largest absolute Gasteiger partial charge is 0.439 e. The van der Waals surface area contributed by atoms with Gasteiger partial charge in [-0.15, -0.1) is 0 Å². The molecule has 8 nitrogen and oxygen atoms in total. The Labute approximate surface area is 201 Å². The van der Waals surface area contributed by atoms with E-state index >= 15 is 0 Å². The van der Waals surface area contributed by atoms with Gasteiger partial charge in [0, 0.05) is 43.5 Å². The topological polar surface area (TPSA) is 76.5 Å². The van der Waals surface area contributed by atoms with Crippen molar-refractivity contribution >= 4 is 5.95 Å². The van der Waals surface area contributed by atoms with Gasteiger partial charge in [-0.25, -0.2) is 15.0 Å². The molecule has 178 valence electrons. The van der Waals surface area contributed by atoms with Crippen molar-refractivity contribution in [3.63, 3.8) is 0 Å². The second-order valence-corrected chi connectivity index (χ2v) is 9.07. The molecule has 0 unspecified atom stereocenters. The molecule has 0 atom stereocenters. The maximum atomic E-state index is 6.10. The Morgan fingerprint density at radius 2 is 1.76 bits per heavy atom. The smallest absolute Gasteiger partial charge is 0.225 e. The summed E-state index contributed by atoms with van der Waals surface area (Å²) in [5.74, 6) is 3.49. The number of nitrogens with zero attached hydrogens (tertiary/aromatic N) is 6. The summed E-state index contributed by atoms with van der Waals surface area (Å²) in [4.78, 5) is 23.5. The van der Waals surface area contributed by atoms with Gasteiger partial charge in [0.2, 0.25) is 11.8 Å². The molecule has 2 aliphatic rings. The number of likely N-dealkylation sites (tertiary alicyclic amines) is 1. The first-order chi connectivity index (χ1) is 16.6. The molecular weight excluding hydrogens is 428 g/mol. The van der Waals surface area contributed by atoms with Crippen LogP contribution in [0, 0.1) is 13.8 Å². The summed E-state index contributed by atoms with van der Waals surface area (Å²) in [5.41, 5.74) is 3.10. The number of morpholine rings is 1. The maximum Gasteiger partial charge on any atom is 0.225 e. The van der Waals surface area contributed by atoms with E-state index in [2.05, 4.69) is 14.8 Å². The molecule has 2 fully saturated rings. The van der Waals surface area contributed by atoms with Crippen molar-refractivity contribution in [1.82, 2.24) is 24.8 Å². The fourth-order valence-electron chi connectivity index (χ4n) is 4.55. The summed E-state index contributed by atoms with van der Waals surface area (Å²) < 4.78 is 11.5. The minimum absolute atomic E-state index is 0.338. The molecule has 3 aromatic rings. The van der Waals surface area contributed by atoms with Crippen molar-refractivity contribution in [2.45, 2.75) is 39.2 Å². The Morgan fingerprint density at radius 1 is 0.971 bits per heavy atom. The van der Waals surface area contributed by atoms with Crippen molar-refractivity contribution in [1.29, 1.82) is 0 Å². The second-order valence-electron chi connectivity index (χ2n) is 9.07. The molecule has 0 bridgehead atoms. The van der Waals surface area contributed by atoms with E-state index < -0.39 is 0 Å². The van der Waals surface area contributed by atoms with E-state index in [-0.39, 0.29) is 0 Å².